The number of allylic oxidation sites excluding steroid dienone is 8. The molecular formula is C43H55NO2. The van der Waals surface area contributed by atoms with Gasteiger partial charge in [0.25, 0.3) is 0 Å². The van der Waals surface area contributed by atoms with Crippen molar-refractivity contribution in [1.29, 1.82) is 0 Å². The maximum atomic E-state index is 10.5. The van der Waals surface area contributed by atoms with Gasteiger partial charge >= 0.3 is 0 Å². The Kier molecular flexibility index (Phi) is 6.50. The van der Waals surface area contributed by atoms with Crippen molar-refractivity contribution in [2.24, 2.45) is 57.2 Å². The maximum absolute atomic E-state index is 10.5. The molecule has 0 spiro atoms. The summed E-state index contributed by atoms with van der Waals surface area (Å²) in [4.78, 5) is 4.70. The number of aliphatic hydroxyl groups is 2. The Bertz CT molecular complexity index is 1610. The molecule has 244 valence electrons. The largest absolute Gasteiger partial charge is 0.512 e. The molecule has 0 aromatic carbocycles. The zero-order valence-corrected chi connectivity index (χ0v) is 28.7. The summed E-state index contributed by atoms with van der Waals surface area (Å²) in [5, 5.41) is 20.9. The van der Waals surface area contributed by atoms with Crippen LogP contribution in [0.25, 0.3) is 5.57 Å². The molecule has 0 saturated heterocycles. The predicted molar refractivity (Wildman–Crippen MR) is 186 cm³/mol. The summed E-state index contributed by atoms with van der Waals surface area (Å²) in [5.74, 6) is 4.84. The van der Waals surface area contributed by atoms with E-state index in [1.54, 1.807) is 22.3 Å². The van der Waals surface area contributed by atoms with Gasteiger partial charge in [-0.25, -0.2) is 0 Å². The van der Waals surface area contributed by atoms with E-state index in [-0.39, 0.29) is 27.8 Å². The summed E-state index contributed by atoms with van der Waals surface area (Å²) >= 11 is 0. The quantitative estimate of drug-likeness (QED) is 0.325. The van der Waals surface area contributed by atoms with Gasteiger partial charge in [-0.1, -0.05) is 63.1 Å². The summed E-state index contributed by atoms with van der Waals surface area (Å²) in [6.45, 7) is 10.4. The van der Waals surface area contributed by atoms with E-state index in [2.05, 4.69) is 70.3 Å². The Morgan fingerprint density at radius 1 is 0.717 bits per heavy atom. The van der Waals surface area contributed by atoms with Gasteiger partial charge < -0.3 is 10.2 Å². The predicted octanol–water partition coefficient (Wildman–Crippen LogP) is 10.3. The Hall–Kier alpha value is -2.39. The van der Waals surface area contributed by atoms with Crippen LogP contribution in [0.1, 0.15) is 117 Å². The average molecular weight is 618 g/mol. The van der Waals surface area contributed by atoms with Crippen LogP contribution < -0.4 is 0 Å². The molecule has 1 aromatic rings. The molecule has 11 atom stereocenters. The summed E-state index contributed by atoms with van der Waals surface area (Å²) in [6, 6.07) is 4.52. The fourth-order valence-electron chi connectivity index (χ4n) is 13.9. The van der Waals surface area contributed by atoms with Crippen molar-refractivity contribution < 1.29 is 10.2 Å². The van der Waals surface area contributed by atoms with Crippen LogP contribution >= 0.6 is 0 Å². The van der Waals surface area contributed by atoms with Gasteiger partial charge in [-0.05, 0) is 169 Å². The number of aromatic nitrogens is 1. The third kappa shape index (κ3) is 3.90. The van der Waals surface area contributed by atoms with E-state index >= 15 is 0 Å². The first-order valence-electron chi connectivity index (χ1n) is 18.9. The van der Waals surface area contributed by atoms with E-state index < -0.39 is 0 Å². The van der Waals surface area contributed by atoms with Gasteiger partial charge in [0.05, 0.1) is 11.9 Å². The van der Waals surface area contributed by atoms with Gasteiger partial charge in [0, 0.05) is 18.8 Å². The molecule has 1 aromatic heterocycles. The van der Waals surface area contributed by atoms with Gasteiger partial charge in [-0.2, -0.15) is 0 Å². The number of aliphatic hydroxyl groups excluding tert-OH is 2. The number of rotatable bonds is 2. The Labute approximate surface area is 277 Å². The summed E-state index contributed by atoms with van der Waals surface area (Å²) < 4.78 is 0. The lowest BCUT2D eigenvalue weighted by molar-refractivity contribution is -0.0290. The van der Waals surface area contributed by atoms with Crippen LogP contribution in [0, 0.1) is 57.2 Å². The molecule has 3 heteroatoms. The third-order valence-electron chi connectivity index (χ3n) is 16.4. The molecule has 2 N–H and O–H groups in total. The molecule has 1 heterocycles. The van der Waals surface area contributed by atoms with E-state index in [0.717, 1.165) is 43.9 Å². The van der Waals surface area contributed by atoms with Gasteiger partial charge in [0.2, 0.25) is 0 Å². The van der Waals surface area contributed by atoms with Crippen molar-refractivity contribution in [1.82, 2.24) is 4.98 Å². The molecule has 8 aliphatic rings. The van der Waals surface area contributed by atoms with E-state index in [9.17, 15) is 10.2 Å². The third-order valence-corrected chi connectivity index (χ3v) is 16.4. The van der Waals surface area contributed by atoms with Crippen LogP contribution in [0.4, 0.5) is 0 Å². The highest BCUT2D eigenvalue weighted by Gasteiger charge is 2.61. The highest BCUT2D eigenvalue weighted by atomic mass is 16.3. The molecule has 8 aliphatic carbocycles. The van der Waals surface area contributed by atoms with Crippen molar-refractivity contribution in [3.05, 3.63) is 82.4 Å². The average Bonchev–Trinajstić information content (AvgIpc) is 3.55. The number of hydrogen-bond acceptors (Lipinski definition) is 3. The van der Waals surface area contributed by atoms with Gasteiger partial charge in [-0.15, -0.1) is 0 Å². The fraction of sp³-hybridized carbons (Fsp3) is 0.651. The molecule has 9 rings (SSSR count). The molecule has 0 bridgehead atoms. The Morgan fingerprint density at radius 3 is 2.22 bits per heavy atom. The van der Waals surface area contributed by atoms with Crippen LogP contribution in [0.15, 0.2) is 76.9 Å². The first-order chi connectivity index (χ1) is 22.1. The second-order valence-corrected chi connectivity index (χ2v) is 18.1. The first kappa shape index (κ1) is 29.7. The van der Waals surface area contributed by atoms with Crippen LogP contribution in [0.5, 0.6) is 0 Å². The van der Waals surface area contributed by atoms with Crippen molar-refractivity contribution in [2.75, 3.05) is 0 Å². The normalized spacial score (nSPS) is 47.6. The summed E-state index contributed by atoms with van der Waals surface area (Å²) in [7, 11) is 0. The lowest BCUT2D eigenvalue weighted by Crippen LogP contribution is -2.50. The van der Waals surface area contributed by atoms with Gasteiger partial charge in [-0.3, -0.25) is 4.98 Å². The minimum atomic E-state index is -0.135. The van der Waals surface area contributed by atoms with Gasteiger partial charge in [0.1, 0.15) is 0 Å². The maximum Gasteiger partial charge on any atom is 0.0923 e. The zero-order chi connectivity index (χ0) is 31.6. The van der Waals surface area contributed by atoms with Crippen LogP contribution in [0.3, 0.4) is 0 Å². The van der Waals surface area contributed by atoms with Crippen molar-refractivity contribution in [2.45, 2.75) is 117 Å². The Morgan fingerprint density at radius 2 is 1.43 bits per heavy atom. The number of nitrogens with zero attached hydrogens (tertiary/aromatic N) is 1. The molecule has 46 heavy (non-hydrogen) atoms. The molecule has 0 amide bonds. The molecule has 3 saturated carbocycles. The van der Waals surface area contributed by atoms with E-state index in [4.69, 9.17) is 4.98 Å². The smallest absolute Gasteiger partial charge is 0.0923 e. The number of fused-ring (bicyclic) bond motifs is 10. The molecule has 0 aliphatic heterocycles. The van der Waals surface area contributed by atoms with Crippen molar-refractivity contribution in [3.8, 4) is 0 Å². The minimum Gasteiger partial charge on any atom is -0.512 e. The number of pyridine rings is 1. The monoisotopic (exact) mass is 617 g/mol. The molecule has 0 radical (unpaired) electrons. The standard InChI is InChI=1S/C43H55NO2/c1-40-17-13-29(45)22-27(40)7-9-31-34-11-12-35(42(34,3)19-15-36(31)40)33-24-38-32-10-8-28-23-30(46)14-18-41(28,2)37(32)16-20-43(38,4)39(33)26-6-5-21-44-25-26/h5-8,12,14,21,25,29,31-32,34,36-38,45-46H,9-11,13,15-20,22-24H2,1-4H3/t29-,31?,32+,34?,36?,37-,38-,40-,41-,42-,43-/m0/s1. The summed E-state index contributed by atoms with van der Waals surface area (Å²) in [6.07, 6.45) is 28.8. The minimum absolute atomic E-state index is 0.135. The number of hydrogen-bond donors (Lipinski definition) is 2. The van der Waals surface area contributed by atoms with Gasteiger partial charge in [0.15, 0.2) is 0 Å². The molecule has 3 unspecified atom stereocenters. The van der Waals surface area contributed by atoms with E-state index in [1.165, 1.54) is 62.5 Å². The lowest BCUT2D eigenvalue weighted by atomic mass is 9.47. The SMILES string of the molecule is C[C@]12CC[C@H](O)CC1=CCC1C2CC[C@]2(C)C(C3=C(c4cccnc4)[C@@]4(C)CC[C@H]5[C@@H](CC=C6CC(O)=CC[C@@]65C)[C@@H]4C3)=CCC12. The van der Waals surface area contributed by atoms with Crippen LogP contribution in [0.2, 0.25) is 0 Å². The second kappa shape index (κ2) is 10.1. The van der Waals surface area contributed by atoms with Crippen LogP contribution in [-0.4, -0.2) is 21.3 Å². The molecule has 3 fully saturated rings. The second-order valence-electron chi connectivity index (χ2n) is 18.1. The van der Waals surface area contributed by atoms with Crippen LogP contribution in [-0.2, 0) is 0 Å². The zero-order valence-electron chi connectivity index (χ0n) is 28.7. The Balaban J connectivity index is 1.09. The topological polar surface area (TPSA) is 53.4 Å². The first-order valence-corrected chi connectivity index (χ1v) is 18.9. The van der Waals surface area contributed by atoms with Crippen molar-refractivity contribution in [3.63, 3.8) is 0 Å². The van der Waals surface area contributed by atoms with E-state index in [1.807, 2.05) is 6.20 Å². The summed E-state index contributed by atoms with van der Waals surface area (Å²) in [5.41, 5.74) is 10.4. The van der Waals surface area contributed by atoms with Crippen molar-refractivity contribution >= 4 is 5.57 Å². The molecular weight excluding hydrogens is 562 g/mol. The van der Waals surface area contributed by atoms with E-state index in [0.29, 0.717) is 29.4 Å². The lowest BCUT2D eigenvalue weighted by Gasteiger charge is -2.58. The molecule has 3 nitrogen and oxygen atoms in total. The fourth-order valence-corrected chi connectivity index (χ4v) is 13.9. The highest BCUT2D eigenvalue weighted by molar-refractivity contribution is 5.80. The highest BCUT2D eigenvalue weighted by Crippen LogP contribution is 2.71.